The van der Waals surface area contributed by atoms with Crippen LogP contribution in [0.1, 0.15) is 20.8 Å². The molecule has 20 heavy (non-hydrogen) atoms. The van der Waals surface area contributed by atoms with Gasteiger partial charge in [0, 0.05) is 24.8 Å². The largest absolute Gasteiger partial charge is 0.323 e. The molecule has 1 aliphatic heterocycles. The van der Waals surface area contributed by atoms with E-state index in [1.165, 1.54) is 11.3 Å². The first-order valence-corrected chi connectivity index (χ1v) is 7.19. The van der Waals surface area contributed by atoms with Gasteiger partial charge in [-0.3, -0.25) is 4.79 Å². The Hall–Kier alpha value is -1.85. The van der Waals surface area contributed by atoms with E-state index in [0.717, 1.165) is 11.3 Å². The summed E-state index contributed by atoms with van der Waals surface area (Å²) in [6.07, 6.45) is 0. The molecule has 0 atom stereocenters. The Balaban J connectivity index is 1.95. The number of amides is 2. The summed E-state index contributed by atoms with van der Waals surface area (Å²) in [4.78, 5) is 26.1. The maximum absolute atomic E-state index is 12.3. The molecule has 0 saturated carbocycles. The Morgan fingerprint density at radius 3 is 2.85 bits per heavy atom. The molecule has 0 radical (unpaired) electrons. The second kappa shape index (κ2) is 4.92. The van der Waals surface area contributed by atoms with Crippen LogP contribution in [0.25, 0.3) is 0 Å². The lowest BCUT2D eigenvalue weighted by Crippen LogP contribution is -2.35. The minimum absolute atomic E-state index is 0.0516. The summed E-state index contributed by atoms with van der Waals surface area (Å²) < 4.78 is 0.596. The molecule has 0 unspecified atom stereocenters. The predicted octanol–water partition coefficient (Wildman–Crippen LogP) is 3.61. The fraction of sp³-hybridized carbons (Fsp3) is 0.143. The number of anilines is 1. The maximum Gasteiger partial charge on any atom is 0.321 e. The van der Waals surface area contributed by atoms with E-state index in [9.17, 15) is 9.59 Å². The van der Waals surface area contributed by atoms with Gasteiger partial charge in [-0.25, -0.2) is 4.79 Å². The Morgan fingerprint density at radius 1 is 1.35 bits per heavy atom. The number of halogens is 1. The summed E-state index contributed by atoms with van der Waals surface area (Å²) in [5.74, 6) is -0.0516. The quantitative estimate of drug-likeness (QED) is 0.862. The topological polar surface area (TPSA) is 49.4 Å². The molecule has 0 bridgehead atoms. The highest BCUT2D eigenvalue weighted by Gasteiger charge is 2.21. The first kappa shape index (κ1) is 13.1. The van der Waals surface area contributed by atoms with Crippen molar-refractivity contribution < 1.29 is 9.59 Å². The third-order valence-electron chi connectivity index (χ3n) is 3.16. The van der Waals surface area contributed by atoms with E-state index in [2.05, 4.69) is 5.32 Å². The van der Waals surface area contributed by atoms with Gasteiger partial charge in [0.2, 0.25) is 5.78 Å². The van der Waals surface area contributed by atoms with Crippen LogP contribution >= 0.6 is 22.9 Å². The average molecular weight is 307 g/mol. The van der Waals surface area contributed by atoms with Crippen molar-refractivity contribution in [2.75, 3.05) is 12.4 Å². The number of nitrogens with one attached hydrogen (secondary N) is 1. The van der Waals surface area contributed by atoms with Crippen LogP contribution in [0.3, 0.4) is 0 Å². The summed E-state index contributed by atoms with van der Waals surface area (Å²) in [5, 5.41) is 2.78. The summed E-state index contributed by atoms with van der Waals surface area (Å²) in [7, 11) is 1.71. The molecule has 1 aromatic heterocycles. The van der Waals surface area contributed by atoms with Gasteiger partial charge in [0.05, 0.1) is 9.21 Å². The van der Waals surface area contributed by atoms with Crippen molar-refractivity contribution in [1.82, 2.24) is 4.90 Å². The zero-order valence-corrected chi connectivity index (χ0v) is 12.2. The summed E-state index contributed by atoms with van der Waals surface area (Å²) in [6, 6.07) is 8.61. The number of thiophene rings is 1. The van der Waals surface area contributed by atoms with Crippen LogP contribution in [0.5, 0.6) is 0 Å². The number of carbonyl (C=O) groups is 2. The van der Waals surface area contributed by atoms with E-state index >= 15 is 0 Å². The van der Waals surface area contributed by atoms with Crippen molar-refractivity contribution in [3.8, 4) is 0 Å². The van der Waals surface area contributed by atoms with Crippen LogP contribution in [0.4, 0.5) is 10.5 Å². The number of benzene rings is 1. The average Bonchev–Trinajstić information content (AvgIpc) is 2.85. The standard InChI is InChI=1S/C14H11ClN2O2S/c1-17-7-9-6-8(2-3-10(9)16-14(17)19)13(18)11-4-5-12(15)20-11/h2-6H,7H2,1H3,(H,16,19). The molecule has 1 aromatic carbocycles. The predicted molar refractivity (Wildman–Crippen MR) is 79.7 cm³/mol. The fourth-order valence-electron chi connectivity index (χ4n) is 2.10. The highest BCUT2D eigenvalue weighted by Crippen LogP contribution is 2.27. The number of hydrogen-bond donors (Lipinski definition) is 1. The molecule has 0 saturated heterocycles. The highest BCUT2D eigenvalue weighted by molar-refractivity contribution is 7.18. The number of fused-ring (bicyclic) bond motifs is 1. The third kappa shape index (κ3) is 2.30. The SMILES string of the molecule is CN1Cc2cc(C(=O)c3ccc(Cl)s3)ccc2NC1=O. The molecule has 102 valence electrons. The van der Waals surface area contributed by atoms with E-state index in [-0.39, 0.29) is 11.8 Å². The maximum atomic E-state index is 12.3. The van der Waals surface area contributed by atoms with Crippen LogP contribution in [0.2, 0.25) is 4.34 Å². The Kier molecular flexibility index (Phi) is 3.23. The Morgan fingerprint density at radius 2 is 2.15 bits per heavy atom. The van der Waals surface area contributed by atoms with Gasteiger partial charge in [0.25, 0.3) is 0 Å². The van der Waals surface area contributed by atoms with Crippen LogP contribution in [-0.2, 0) is 6.54 Å². The number of carbonyl (C=O) groups excluding carboxylic acids is 2. The van der Waals surface area contributed by atoms with E-state index in [4.69, 9.17) is 11.6 Å². The van der Waals surface area contributed by atoms with Gasteiger partial charge in [0.1, 0.15) is 0 Å². The molecule has 3 rings (SSSR count). The van der Waals surface area contributed by atoms with Crippen molar-refractivity contribution in [3.05, 3.63) is 50.7 Å². The first-order valence-electron chi connectivity index (χ1n) is 5.99. The molecule has 0 aliphatic carbocycles. The number of nitrogens with zero attached hydrogens (tertiary/aromatic N) is 1. The highest BCUT2D eigenvalue weighted by atomic mass is 35.5. The fourth-order valence-corrected chi connectivity index (χ4v) is 3.11. The lowest BCUT2D eigenvalue weighted by Gasteiger charge is -2.26. The second-order valence-electron chi connectivity index (χ2n) is 4.59. The van der Waals surface area contributed by atoms with Crippen molar-refractivity contribution >= 4 is 40.4 Å². The molecule has 6 heteroatoms. The molecule has 1 aliphatic rings. The molecule has 0 spiro atoms. The van der Waals surface area contributed by atoms with E-state index in [1.807, 2.05) is 6.07 Å². The molecule has 1 N–H and O–H groups in total. The molecule has 2 aromatic rings. The first-order chi connectivity index (χ1) is 9.54. The third-order valence-corrected chi connectivity index (χ3v) is 4.39. The molecule has 4 nitrogen and oxygen atoms in total. The van der Waals surface area contributed by atoms with E-state index < -0.39 is 0 Å². The van der Waals surface area contributed by atoms with E-state index in [1.54, 1.807) is 36.2 Å². The molecule has 2 amide bonds. The summed E-state index contributed by atoms with van der Waals surface area (Å²) >= 11 is 7.12. The number of hydrogen-bond acceptors (Lipinski definition) is 3. The van der Waals surface area contributed by atoms with Gasteiger partial charge < -0.3 is 10.2 Å². The van der Waals surface area contributed by atoms with Crippen molar-refractivity contribution in [2.24, 2.45) is 0 Å². The lowest BCUT2D eigenvalue weighted by molar-refractivity contribution is 0.104. The van der Waals surface area contributed by atoms with Gasteiger partial charge in [-0.1, -0.05) is 11.6 Å². The molecular weight excluding hydrogens is 296 g/mol. The minimum atomic E-state index is -0.137. The van der Waals surface area contributed by atoms with Crippen molar-refractivity contribution in [1.29, 1.82) is 0 Å². The van der Waals surface area contributed by atoms with Crippen LogP contribution in [-0.4, -0.2) is 23.8 Å². The van der Waals surface area contributed by atoms with Crippen molar-refractivity contribution in [3.63, 3.8) is 0 Å². The van der Waals surface area contributed by atoms with Crippen molar-refractivity contribution in [2.45, 2.75) is 6.54 Å². The van der Waals surface area contributed by atoms with Crippen LogP contribution in [0, 0.1) is 0 Å². The summed E-state index contributed by atoms with van der Waals surface area (Å²) in [6.45, 7) is 0.494. The lowest BCUT2D eigenvalue weighted by atomic mass is 10.0. The smallest absolute Gasteiger partial charge is 0.321 e. The zero-order valence-electron chi connectivity index (χ0n) is 10.6. The Labute approximate surface area is 125 Å². The van der Waals surface area contributed by atoms with Crippen LogP contribution in [0.15, 0.2) is 30.3 Å². The second-order valence-corrected chi connectivity index (χ2v) is 6.31. The van der Waals surface area contributed by atoms with Gasteiger partial charge in [0.15, 0.2) is 0 Å². The molecule has 2 heterocycles. The zero-order chi connectivity index (χ0) is 14.3. The van der Waals surface area contributed by atoms with E-state index in [0.29, 0.717) is 21.3 Å². The number of ketones is 1. The number of urea groups is 1. The minimum Gasteiger partial charge on any atom is -0.323 e. The normalized spacial score (nSPS) is 13.9. The van der Waals surface area contributed by atoms with Gasteiger partial charge in [-0.2, -0.15) is 0 Å². The van der Waals surface area contributed by atoms with Crippen LogP contribution < -0.4 is 5.32 Å². The van der Waals surface area contributed by atoms with Gasteiger partial charge >= 0.3 is 6.03 Å². The monoisotopic (exact) mass is 306 g/mol. The Bertz CT molecular complexity index is 711. The molecule has 0 fully saturated rings. The molecular formula is C14H11ClN2O2S. The van der Waals surface area contributed by atoms with Gasteiger partial charge in [-0.05, 0) is 35.9 Å². The summed E-state index contributed by atoms with van der Waals surface area (Å²) in [5.41, 5.74) is 2.29. The number of rotatable bonds is 2. The van der Waals surface area contributed by atoms with Gasteiger partial charge in [-0.15, -0.1) is 11.3 Å².